The van der Waals surface area contributed by atoms with Crippen molar-refractivity contribution in [3.8, 4) is 11.5 Å². The molecule has 1 aliphatic rings. The number of hydrogen-bond acceptors (Lipinski definition) is 5. The van der Waals surface area contributed by atoms with Crippen LogP contribution in [0.3, 0.4) is 0 Å². The van der Waals surface area contributed by atoms with Crippen LogP contribution < -0.4 is 19.5 Å². The van der Waals surface area contributed by atoms with E-state index in [9.17, 15) is 13.2 Å². The first-order chi connectivity index (χ1) is 9.88. The van der Waals surface area contributed by atoms with Gasteiger partial charge < -0.3 is 14.8 Å². The number of hydrogen-bond donors (Lipinski definition) is 2. The Morgan fingerprint density at radius 1 is 1.24 bits per heavy atom. The number of amides is 1. The number of anilines is 1. The monoisotopic (exact) mass is 315 g/mol. The van der Waals surface area contributed by atoms with Gasteiger partial charge in [0.05, 0.1) is 6.54 Å². The number of benzene rings is 1. The van der Waals surface area contributed by atoms with Crippen molar-refractivity contribution in [2.75, 3.05) is 39.2 Å². The molecule has 0 saturated carbocycles. The molecule has 0 radical (unpaired) electrons. The van der Waals surface area contributed by atoms with Gasteiger partial charge in [0.2, 0.25) is 5.91 Å². The summed E-state index contributed by atoms with van der Waals surface area (Å²) in [7, 11) is -0.870. The summed E-state index contributed by atoms with van der Waals surface area (Å²) in [6, 6.07) is 4.98. The molecule has 0 aliphatic carbocycles. The van der Waals surface area contributed by atoms with E-state index in [0.29, 0.717) is 30.4 Å². The van der Waals surface area contributed by atoms with Crippen LogP contribution in [0.1, 0.15) is 0 Å². The van der Waals surface area contributed by atoms with Crippen LogP contribution in [-0.2, 0) is 15.0 Å². The zero-order chi connectivity index (χ0) is 15.5. The Balaban J connectivity index is 1.94. The van der Waals surface area contributed by atoms with Crippen LogP contribution in [0.5, 0.6) is 11.5 Å². The third kappa shape index (κ3) is 4.06. The van der Waals surface area contributed by atoms with Crippen LogP contribution in [-0.4, -0.2) is 52.5 Å². The Bertz CT molecular complexity index is 630. The Hall–Kier alpha value is -1.84. The van der Waals surface area contributed by atoms with E-state index in [1.54, 1.807) is 18.2 Å². The van der Waals surface area contributed by atoms with Gasteiger partial charge in [-0.25, -0.2) is 0 Å². The molecule has 1 heterocycles. The van der Waals surface area contributed by atoms with Gasteiger partial charge in [-0.15, -0.1) is 0 Å². The van der Waals surface area contributed by atoms with Crippen LogP contribution in [0.25, 0.3) is 0 Å². The number of ether oxygens (including phenoxy) is 2. The van der Waals surface area contributed by atoms with E-state index in [2.05, 4.69) is 10.0 Å². The van der Waals surface area contributed by atoms with Crippen molar-refractivity contribution in [2.24, 2.45) is 0 Å². The third-order valence-electron chi connectivity index (χ3n) is 2.72. The number of nitrogens with zero attached hydrogens (tertiary/aromatic N) is 1. The van der Waals surface area contributed by atoms with Crippen LogP contribution in [0.2, 0.25) is 0 Å². The van der Waals surface area contributed by atoms with E-state index in [4.69, 9.17) is 9.47 Å². The smallest absolute Gasteiger partial charge is 0.279 e. The molecule has 0 saturated heterocycles. The number of carbonyl (C=O) groups excluding carboxylic acids is 1. The number of fused-ring (bicyclic) bond motifs is 1. The topological polar surface area (TPSA) is 97.0 Å². The van der Waals surface area contributed by atoms with Gasteiger partial charge in [-0.2, -0.15) is 17.4 Å². The van der Waals surface area contributed by atoms with Crippen molar-refractivity contribution in [1.82, 2.24) is 9.03 Å². The normalized spacial score (nSPS) is 14.0. The molecule has 116 valence electrons. The fourth-order valence-electron chi connectivity index (χ4n) is 1.61. The molecule has 0 bridgehead atoms. The van der Waals surface area contributed by atoms with Crippen molar-refractivity contribution in [1.29, 1.82) is 0 Å². The predicted octanol–water partition coefficient (Wildman–Crippen LogP) is -0.208. The summed E-state index contributed by atoms with van der Waals surface area (Å²) < 4.78 is 36.9. The summed E-state index contributed by atoms with van der Waals surface area (Å²) in [5.74, 6) is 0.692. The number of carbonyl (C=O) groups is 1. The Morgan fingerprint density at radius 2 is 1.90 bits per heavy atom. The molecule has 0 atom stereocenters. The second-order valence-corrected chi connectivity index (χ2v) is 6.48. The molecule has 9 heteroatoms. The predicted molar refractivity (Wildman–Crippen MR) is 76.7 cm³/mol. The van der Waals surface area contributed by atoms with Gasteiger partial charge in [0, 0.05) is 25.8 Å². The van der Waals surface area contributed by atoms with Gasteiger partial charge >= 0.3 is 0 Å². The van der Waals surface area contributed by atoms with E-state index in [-0.39, 0.29) is 6.54 Å². The molecule has 1 aromatic carbocycles. The first-order valence-corrected chi connectivity index (χ1v) is 7.69. The highest BCUT2D eigenvalue weighted by Gasteiger charge is 2.16. The lowest BCUT2D eigenvalue weighted by Gasteiger charge is -2.19. The Morgan fingerprint density at radius 3 is 2.57 bits per heavy atom. The highest BCUT2D eigenvalue weighted by atomic mass is 32.2. The molecule has 1 aliphatic heterocycles. The second-order valence-electron chi connectivity index (χ2n) is 4.52. The Kier molecular flexibility index (Phi) is 4.66. The lowest BCUT2D eigenvalue weighted by Crippen LogP contribution is -2.40. The molecule has 0 aromatic heterocycles. The van der Waals surface area contributed by atoms with Crippen molar-refractivity contribution in [3.05, 3.63) is 18.2 Å². The van der Waals surface area contributed by atoms with E-state index >= 15 is 0 Å². The zero-order valence-corrected chi connectivity index (χ0v) is 12.6. The fourth-order valence-corrected chi connectivity index (χ4v) is 2.18. The molecule has 2 N–H and O–H groups in total. The van der Waals surface area contributed by atoms with Crippen molar-refractivity contribution in [2.45, 2.75) is 0 Å². The van der Waals surface area contributed by atoms with Gasteiger partial charge in [-0.05, 0) is 12.1 Å². The minimum atomic E-state index is -3.62. The van der Waals surface area contributed by atoms with Gasteiger partial charge in [0.15, 0.2) is 11.5 Å². The molecule has 1 aromatic rings. The summed E-state index contributed by atoms with van der Waals surface area (Å²) in [4.78, 5) is 11.7. The highest BCUT2D eigenvalue weighted by molar-refractivity contribution is 7.87. The SMILES string of the molecule is CN(C)S(=O)(=O)NCC(=O)Nc1ccc2c(c1)OCCO2. The molecule has 1 amide bonds. The summed E-state index contributed by atoms with van der Waals surface area (Å²) in [6.07, 6.45) is 0. The molecular formula is C12H17N3O5S. The summed E-state index contributed by atoms with van der Waals surface area (Å²) in [5, 5.41) is 2.58. The maximum absolute atomic E-state index is 11.7. The van der Waals surface area contributed by atoms with Gasteiger partial charge in [0.25, 0.3) is 10.2 Å². The average molecular weight is 315 g/mol. The maximum Gasteiger partial charge on any atom is 0.279 e. The van der Waals surface area contributed by atoms with E-state index in [1.165, 1.54) is 14.1 Å². The second kappa shape index (κ2) is 6.29. The van der Waals surface area contributed by atoms with Crippen molar-refractivity contribution in [3.63, 3.8) is 0 Å². The van der Waals surface area contributed by atoms with E-state index in [1.807, 2.05) is 0 Å². The molecule has 0 fully saturated rings. The largest absolute Gasteiger partial charge is 0.486 e. The maximum atomic E-state index is 11.7. The van der Waals surface area contributed by atoms with Crippen LogP contribution in [0.15, 0.2) is 18.2 Å². The number of rotatable bonds is 5. The number of nitrogens with one attached hydrogen (secondary N) is 2. The summed E-state index contributed by atoms with van der Waals surface area (Å²) in [6.45, 7) is 0.590. The molecule has 0 spiro atoms. The first kappa shape index (κ1) is 15.5. The van der Waals surface area contributed by atoms with E-state index in [0.717, 1.165) is 4.31 Å². The van der Waals surface area contributed by atoms with E-state index < -0.39 is 16.1 Å². The van der Waals surface area contributed by atoms with Crippen LogP contribution in [0.4, 0.5) is 5.69 Å². The molecule has 8 nitrogen and oxygen atoms in total. The van der Waals surface area contributed by atoms with Crippen molar-refractivity contribution < 1.29 is 22.7 Å². The van der Waals surface area contributed by atoms with Crippen LogP contribution >= 0.6 is 0 Å². The molecular weight excluding hydrogens is 298 g/mol. The summed E-state index contributed by atoms with van der Waals surface area (Å²) in [5.41, 5.74) is 0.508. The quantitative estimate of drug-likeness (QED) is 0.784. The zero-order valence-electron chi connectivity index (χ0n) is 11.8. The van der Waals surface area contributed by atoms with Crippen LogP contribution in [0, 0.1) is 0 Å². The molecule has 2 rings (SSSR count). The molecule has 0 unspecified atom stereocenters. The summed E-state index contributed by atoms with van der Waals surface area (Å²) >= 11 is 0. The lowest BCUT2D eigenvalue weighted by atomic mass is 10.2. The van der Waals surface area contributed by atoms with Gasteiger partial charge in [-0.1, -0.05) is 0 Å². The molecule has 21 heavy (non-hydrogen) atoms. The minimum Gasteiger partial charge on any atom is -0.486 e. The fraction of sp³-hybridized carbons (Fsp3) is 0.417. The first-order valence-electron chi connectivity index (χ1n) is 6.25. The highest BCUT2D eigenvalue weighted by Crippen LogP contribution is 2.32. The lowest BCUT2D eigenvalue weighted by molar-refractivity contribution is -0.115. The Labute approximate surface area is 123 Å². The van der Waals surface area contributed by atoms with Gasteiger partial charge in [-0.3, -0.25) is 4.79 Å². The third-order valence-corrected chi connectivity index (χ3v) is 4.19. The average Bonchev–Trinajstić information content (AvgIpc) is 2.45. The standard InChI is InChI=1S/C12H17N3O5S/c1-15(2)21(17,18)13-8-12(16)14-9-3-4-10-11(7-9)20-6-5-19-10/h3-4,7,13H,5-6,8H2,1-2H3,(H,14,16). The van der Waals surface area contributed by atoms with Gasteiger partial charge in [0.1, 0.15) is 13.2 Å². The van der Waals surface area contributed by atoms with Crippen molar-refractivity contribution >= 4 is 21.8 Å². The minimum absolute atomic E-state index is 0.352.